The Hall–Kier alpha value is 0.420. The summed E-state index contributed by atoms with van der Waals surface area (Å²) in [5.74, 6) is 0. The minimum absolute atomic E-state index is 0.196. The van der Waals surface area contributed by atoms with Gasteiger partial charge in [0.25, 0.3) is 0 Å². The average Bonchev–Trinajstić information content (AvgIpc) is 2.39. The molecule has 3 atom stereocenters. The first-order chi connectivity index (χ1) is 9.42. The fourth-order valence-corrected chi connectivity index (χ4v) is 5.32. The number of hydrogen-bond donors (Lipinski definition) is 1. The highest BCUT2D eigenvalue weighted by molar-refractivity contribution is 9.11. The molecule has 5 heteroatoms. The first-order valence-electron chi connectivity index (χ1n) is 6.95. The molecule has 0 aliphatic heterocycles. The molecule has 1 aliphatic carbocycles. The van der Waals surface area contributed by atoms with E-state index in [2.05, 4.69) is 86.0 Å². The molecule has 1 saturated carbocycles. The van der Waals surface area contributed by atoms with E-state index >= 15 is 0 Å². The normalized spacial score (nSPS) is 29.1. The van der Waals surface area contributed by atoms with E-state index in [1.54, 1.807) is 0 Å². The second kappa shape index (κ2) is 6.67. The third-order valence-electron chi connectivity index (χ3n) is 4.44. The van der Waals surface area contributed by atoms with Crippen molar-refractivity contribution in [1.29, 1.82) is 0 Å². The Morgan fingerprint density at radius 2 is 1.85 bits per heavy atom. The van der Waals surface area contributed by atoms with Crippen molar-refractivity contribution in [2.75, 3.05) is 11.9 Å². The van der Waals surface area contributed by atoms with Gasteiger partial charge in [-0.15, -0.1) is 0 Å². The molecule has 1 aromatic rings. The molecule has 1 aliphatic rings. The standard InChI is InChI=1S/C15H20Br3NO/c1-4-15(3)12(8-13(15)20-5-2)19-14-10(17)6-9(16)7-11(14)18/h6-7,12-13,19H,4-5,8H2,1-3H3. The summed E-state index contributed by atoms with van der Waals surface area (Å²) in [6, 6.07) is 4.57. The van der Waals surface area contributed by atoms with Crippen molar-refractivity contribution in [2.45, 2.75) is 45.8 Å². The van der Waals surface area contributed by atoms with Gasteiger partial charge in [0, 0.05) is 31.5 Å². The van der Waals surface area contributed by atoms with Crippen molar-refractivity contribution < 1.29 is 4.74 Å². The van der Waals surface area contributed by atoms with Crippen molar-refractivity contribution in [3.05, 3.63) is 25.6 Å². The minimum Gasteiger partial charge on any atom is -0.380 e. The van der Waals surface area contributed by atoms with E-state index < -0.39 is 0 Å². The van der Waals surface area contributed by atoms with Gasteiger partial charge < -0.3 is 10.1 Å². The Balaban J connectivity index is 2.16. The van der Waals surface area contributed by atoms with Gasteiger partial charge in [-0.05, 0) is 63.8 Å². The van der Waals surface area contributed by atoms with Crippen LogP contribution in [0.3, 0.4) is 0 Å². The Bertz CT molecular complexity index is 471. The third-order valence-corrected chi connectivity index (χ3v) is 6.15. The van der Waals surface area contributed by atoms with Gasteiger partial charge in [-0.25, -0.2) is 0 Å². The van der Waals surface area contributed by atoms with Crippen molar-refractivity contribution in [1.82, 2.24) is 0 Å². The van der Waals surface area contributed by atoms with Crippen LogP contribution >= 0.6 is 47.8 Å². The van der Waals surface area contributed by atoms with E-state index in [1.807, 2.05) is 0 Å². The highest BCUT2D eigenvalue weighted by Crippen LogP contribution is 2.48. The lowest BCUT2D eigenvalue weighted by molar-refractivity contribution is -0.109. The van der Waals surface area contributed by atoms with Crippen molar-refractivity contribution >= 4 is 53.5 Å². The van der Waals surface area contributed by atoms with Crippen LogP contribution in [0.5, 0.6) is 0 Å². The Labute approximate surface area is 146 Å². The summed E-state index contributed by atoms with van der Waals surface area (Å²) in [6.07, 6.45) is 2.54. The molecule has 1 N–H and O–H groups in total. The molecule has 0 radical (unpaired) electrons. The van der Waals surface area contributed by atoms with Crippen LogP contribution in [0.25, 0.3) is 0 Å². The molecule has 1 aromatic carbocycles. The average molecular weight is 470 g/mol. The summed E-state index contributed by atoms with van der Waals surface area (Å²) in [7, 11) is 0. The van der Waals surface area contributed by atoms with Gasteiger partial charge in [-0.2, -0.15) is 0 Å². The van der Waals surface area contributed by atoms with Crippen LogP contribution in [-0.4, -0.2) is 18.8 Å². The molecule has 112 valence electrons. The predicted octanol–water partition coefficient (Wildman–Crippen LogP) is 5.98. The van der Waals surface area contributed by atoms with Crippen molar-refractivity contribution in [2.24, 2.45) is 5.41 Å². The number of nitrogens with one attached hydrogen (secondary N) is 1. The van der Waals surface area contributed by atoms with Crippen LogP contribution in [0.2, 0.25) is 0 Å². The second-order valence-corrected chi connectivity index (χ2v) is 8.10. The first kappa shape index (κ1) is 16.8. The molecule has 2 nitrogen and oxygen atoms in total. The van der Waals surface area contributed by atoms with Gasteiger partial charge >= 0.3 is 0 Å². The summed E-state index contributed by atoms with van der Waals surface area (Å²) in [5.41, 5.74) is 1.31. The lowest BCUT2D eigenvalue weighted by Crippen LogP contribution is -2.59. The summed E-state index contributed by atoms with van der Waals surface area (Å²) >= 11 is 10.8. The molecular formula is C15H20Br3NO. The van der Waals surface area contributed by atoms with E-state index in [9.17, 15) is 0 Å². The maximum absolute atomic E-state index is 5.86. The quantitative estimate of drug-likeness (QED) is 0.572. The number of rotatable bonds is 5. The predicted molar refractivity (Wildman–Crippen MR) is 95.4 cm³/mol. The first-order valence-corrected chi connectivity index (χ1v) is 9.33. The van der Waals surface area contributed by atoms with Crippen LogP contribution in [0.15, 0.2) is 25.6 Å². The highest BCUT2D eigenvalue weighted by Gasteiger charge is 2.51. The fraction of sp³-hybridized carbons (Fsp3) is 0.600. The van der Waals surface area contributed by atoms with Gasteiger partial charge in [0.1, 0.15) is 0 Å². The van der Waals surface area contributed by atoms with E-state index in [1.165, 1.54) is 0 Å². The number of anilines is 1. The van der Waals surface area contributed by atoms with Gasteiger partial charge in [0.2, 0.25) is 0 Å². The number of benzene rings is 1. The van der Waals surface area contributed by atoms with Crippen LogP contribution in [0, 0.1) is 5.41 Å². The highest BCUT2D eigenvalue weighted by atomic mass is 79.9. The molecule has 3 unspecified atom stereocenters. The van der Waals surface area contributed by atoms with Gasteiger partial charge in [-0.1, -0.05) is 29.8 Å². The number of halogens is 3. The Morgan fingerprint density at radius 1 is 1.25 bits per heavy atom. The molecular weight excluding hydrogens is 450 g/mol. The monoisotopic (exact) mass is 467 g/mol. The SMILES string of the molecule is CCOC1CC(Nc2c(Br)cc(Br)cc2Br)C1(C)CC. The maximum Gasteiger partial charge on any atom is 0.0667 e. The third kappa shape index (κ3) is 3.11. The van der Waals surface area contributed by atoms with Gasteiger partial charge in [0.15, 0.2) is 0 Å². The molecule has 0 aromatic heterocycles. The fourth-order valence-electron chi connectivity index (χ4n) is 2.83. The smallest absolute Gasteiger partial charge is 0.0667 e. The van der Waals surface area contributed by atoms with Gasteiger partial charge in [0.05, 0.1) is 11.8 Å². The van der Waals surface area contributed by atoms with Crippen LogP contribution in [0.4, 0.5) is 5.69 Å². The molecule has 0 amide bonds. The van der Waals surface area contributed by atoms with Crippen LogP contribution in [0.1, 0.15) is 33.6 Å². The largest absolute Gasteiger partial charge is 0.380 e. The Morgan fingerprint density at radius 3 is 2.35 bits per heavy atom. The molecule has 20 heavy (non-hydrogen) atoms. The number of ether oxygens (including phenoxy) is 1. The Kier molecular flexibility index (Phi) is 5.60. The lowest BCUT2D eigenvalue weighted by atomic mass is 9.61. The molecule has 2 rings (SSSR count). The van der Waals surface area contributed by atoms with Crippen molar-refractivity contribution in [3.8, 4) is 0 Å². The lowest BCUT2D eigenvalue weighted by Gasteiger charge is -2.54. The van der Waals surface area contributed by atoms with E-state index in [0.29, 0.717) is 12.1 Å². The zero-order valence-electron chi connectivity index (χ0n) is 12.0. The van der Waals surface area contributed by atoms with E-state index in [-0.39, 0.29) is 5.41 Å². The zero-order valence-corrected chi connectivity index (χ0v) is 16.7. The van der Waals surface area contributed by atoms with Crippen LogP contribution < -0.4 is 5.32 Å². The summed E-state index contributed by atoms with van der Waals surface area (Å²) in [5, 5.41) is 3.68. The second-order valence-electron chi connectivity index (χ2n) is 5.48. The molecule has 1 fully saturated rings. The van der Waals surface area contributed by atoms with E-state index in [4.69, 9.17) is 4.74 Å². The zero-order chi connectivity index (χ0) is 14.9. The summed E-state index contributed by atoms with van der Waals surface area (Å²) < 4.78 is 9.05. The summed E-state index contributed by atoms with van der Waals surface area (Å²) in [4.78, 5) is 0. The molecule has 0 saturated heterocycles. The number of hydrogen-bond acceptors (Lipinski definition) is 2. The maximum atomic E-state index is 5.86. The van der Waals surface area contributed by atoms with Crippen LogP contribution in [-0.2, 0) is 4.74 Å². The molecule has 0 heterocycles. The molecule has 0 bridgehead atoms. The van der Waals surface area contributed by atoms with Crippen molar-refractivity contribution in [3.63, 3.8) is 0 Å². The topological polar surface area (TPSA) is 21.3 Å². The minimum atomic E-state index is 0.196. The molecule has 0 spiro atoms. The van der Waals surface area contributed by atoms with E-state index in [0.717, 1.165) is 38.6 Å². The summed E-state index contributed by atoms with van der Waals surface area (Å²) in [6.45, 7) is 7.41. The van der Waals surface area contributed by atoms with Gasteiger partial charge in [-0.3, -0.25) is 0 Å².